The van der Waals surface area contributed by atoms with Gasteiger partial charge in [0.15, 0.2) is 5.65 Å². The number of hydrogen-bond acceptors (Lipinski definition) is 5. The Morgan fingerprint density at radius 1 is 1.00 bits per heavy atom. The van der Waals surface area contributed by atoms with E-state index in [1.807, 2.05) is 41.1 Å². The first-order chi connectivity index (χ1) is 19.8. The Morgan fingerprint density at radius 2 is 1.80 bits per heavy atom. The van der Waals surface area contributed by atoms with Gasteiger partial charge in [-0.15, -0.1) is 0 Å². The van der Waals surface area contributed by atoms with Gasteiger partial charge in [0, 0.05) is 32.4 Å². The van der Waals surface area contributed by atoms with Crippen LogP contribution in [0.5, 0.6) is 0 Å². The van der Waals surface area contributed by atoms with Crippen LogP contribution in [0.4, 0.5) is 10.1 Å². The summed E-state index contributed by atoms with van der Waals surface area (Å²) in [6, 6.07) is 15.1. The molecule has 0 bridgehead atoms. The molecular weight excluding hydrogens is 521 g/mol. The first-order valence-corrected chi connectivity index (χ1v) is 14.3. The van der Waals surface area contributed by atoms with Crippen LogP contribution in [-0.2, 0) is 18.3 Å². The summed E-state index contributed by atoms with van der Waals surface area (Å²) in [6.45, 7) is 3.64. The Kier molecular flexibility index (Phi) is 6.06. The molecule has 1 saturated heterocycles. The number of aliphatic carboxylic acids is 1. The monoisotopic (exact) mass is 553 g/mol. The predicted octanol–water partition coefficient (Wildman–Crippen LogP) is 5.32. The smallest absolute Gasteiger partial charge is 0.308 e. The van der Waals surface area contributed by atoms with Crippen LogP contribution in [0.3, 0.4) is 0 Å². The largest absolute Gasteiger partial charge is 0.481 e. The number of amides is 1. The summed E-state index contributed by atoms with van der Waals surface area (Å²) in [7, 11) is 1.81. The number of carbonyl (C=O) groups excluding carboxylic acids is 1. The Morgan fingerprint density at radius 3 is 2.54 bits per heavy atom. The highest BCUT2D eigenvalue weighted by Gasteiger charge is 2.34. The van der Waals surface area contributed by atoms with Crippen LogP contribution in [0.2, 0.25) is 0 Å². The van der Waals surface area contributed by atoms with Crippen molar-refractivity contribution >= 4 is 28.7 Å². The van der Waals surface area contributed by atoms with Crippen LogP contribution in [0.15, 0.2) is 48.5 Å². The second-order valence-electron chi connectivity index (χ2n) is 11.6. The predicted molar refractivity (Wildman–Crippen MR) is 153 cm³/mol. The van der Waals surface area contributed by atoms with Crippen LogP contribution in [-0.4, -0.2) is 56.1 Å². The number of imidazole rings is 1. The summed E-state index contributed by atoms with van der Waals surface area (Å²) in [4.78, 5) is 38.7. The van der Waals surface area contributed by atoms with Crippen LogP contribution in [0.25, 0.3) is 22.6 Å². The summed E-state index contributed by atoms with van der Waals surface area (Å²) in [5.41, 5.74) is 6.15. The summed E-state index contributed by atoms with van der Waals surface area (Å²) in [6.07, 6.45) is 3.41. The molecule has 2 fully saturated rings. The number of rotatable bonds is 5. The lowest BCUT2D eigenvalue weighted by Gasteiger charge is -2.35. The second-order valence-corrected chi connectivity index (χ2v) is 11.6. The maximum absolute atomic E-state index is 15.6. The van der Waals surface area contributed by atoms with E-state index in [4.69, 9.17) is 9.97 Å². The van der Waals surface area contributed by atoms with E-state index in [2.05, 4.69) is 19.1 Å². The van der Waals surface area contributed by atoms with E-state index in [1.165, 1.54) is 17.2 Å². The van der Waals surface area contributed by atoms with Crippen molar-refractivity contribution in [2.24, 2.45) is 13.0 Å². The van der Waals surface area contributed by atoms with Gasteiger partial charge in [-0.25, -0.2) is 14.4 Å². The first kappa shape index (κ1) is 25.7. The number of carboxylic acid groups (broad SMARTS) is 1. The average molecular weight is 554 g/mol. The quantitative estimate of drug-likeness (QED) is 0.360. The van der Waals surface area contributed by atoms with Crippen LogP contribution in [0, 0.1) is 11.7 Å². The Labute approximate surface area is 237 Å². The SMILES string of the molecule is C[C@@H]1c2ccccc2CCN1C(=O)c1cc(C2CC2)c2nc(-c3ccc(N4CC[C@H](C(=O)O)C4)cc3F)n(C)c2n1. The topological polar surface area (TPSA) is 91.6 Å². The number of carboxylic acids is 1. The minimum atomic E-state index is -0.819. The van der Waals surface area contributed by atoms with Gasteiger partial charge in [-0.05, 0) is 79.5 Å². The fourth-order valence-electron chi connectivity index (χ4n) is 6.50. The van der Waals surface area contributed by atoms with Crippen LogP contribution >= 0.6 is 0 Å². The molecule has 2 atom stereocenters. The van der Waals surface area contributed by atoms with E-state index in [0.717, 1.165) is 24.8 Å². The highest BCUT2D eigenvalue weighted by Crippen LogP contribution is 2.44. The Balaban J connectivity index is 1.24. The molecule has 9 heteroatoms. The van der Waals surface area contributed by atoms with Gasteiger partial charge in [-0.1, -0.05) is 24.3 Å². The highest BCUT2D eigenvalue weighted by molar-refractivity contribution is 5.96. The van der Waals surface area contributed by atoms with Gasteiger partial charge < -0.3 is 19.5 Å². The van der Waals surface area contributed by atoms with E-state index < -0.39 is 17.7 Å². The van der Waals surface area contributed by atoms with Crippen molar-refractivity contribution in [1.29, 1.82) is 0 Å². The minimum absolute atomic E-state index is 0.0505. The maximum atomic E-state index is 15.6. The third-order valence-corrected chi connectivity index (χ3v) is 9.05. The molecule has 0 unspecified atom stereocenters. The average Bonchev–Trinajstić information content (AvgIpc) is 3.60. The third kappa shape index (κ3) is 4.34. The number of benzene rings is 2. The molecule has 2 aliphatic heterocycles. The Bertz CT molecular complexity index is 1710. The van der Waals surface area contributed by atoms with Crippen molar-refractivity contribution in [2.75, 3.05) is 24.5 Å². The molecule has 4 aromatic rings. The van der Waals surface area contributed by atoms with E-state index in [0.29, 0.717) is 65.9 Å². The minimum Gasteiger partial charge on any atom is -0.481 e. The molecule has 1 N–H and O–H groups in total. The van der Waals surface area contributed by atoms with Crippen molar-refractivity contribution in [3.8, 4) is 11.4 Å². The number of halogens is 1. The van der Waals surface area contributed by atoms with Gasteiger partial charge >= 0.3 is 5.97 Å². The number of aryl methyl sites for hydroxylation is 1. The number of carbonyl (C=O) groups is 2. The van der Waals surface area contributed by atoms with Crippen molar-refractivity contribution in [2.45, 2.75) is 44.6 Å². The fraction of sp³-hybridized carbons (Fsp3) is 0.375. The number of hydrogen-bond donors (Lipinski definition) is 1. The van der Waals surface area contributed by atoms with Gasteiger partial charge in [0.2, 0.25) is 0 Å². The molecule has 2 aromatic heterocycles. The zero-order valence-electron chi connectivity index (χ0n) is 23.2. The fourth-order valence-corrected chi connectivity index (χ4v) is 6.50. The summed E-state index contributed by atoms with van der Waals surface area (Å²) in [5, 5.41) is 9.33. The van der Waals surface area contributed by atoms with Crippen molar-refractivity contribution < 1.29 is 19.1 Å². The van der Waals surface area contributed by atoms with Gasteiger partial charge in [-0.2, -0.15) is 0 Å². The Hall–Kier alpha value is -4.27. The van der Waals surface area contributed by atoms with Gasteiger partial charge in [0.25, 0.3) is 5.91 Å². The summed E-state index contributed by atoms with van der Waals surface area (Å²) in [5.74, 6) is -1.01. The number of aromatic nitrogens is 3. The zero-order valence-corrected chi connectivity index (χ0v) is 23.2. The third-order valence-electron chi connectivity index (χ3n) is 9.05. The number of pyridine rings is 1. The van der Waals surface area contributed by atoms with Crippen LogP contribution in [0.1, 0.15) is 65.3 Å². The molecule has 41 heavy (non-hydrogen) atoms. The molecule has 0 spiro atoms. The molecule has 210 valence electrons. The molecule has 4 heterocycles. The van der Waals surface area contributed by atoms with E-state index in [1.54, 1.807) is 10.6 Å². The first-order valence-electron chi connectivity index (χ1n) is 14.3. The maximum Gasteiger partial charge on any atom is 0.308 e. The lowest BCUT2D eigenvalue weighted by atomic mass is 9.93. The van der Waals surface area contributed by atoms with Gasteiger partial charge in [-0.3, -0.25) is 9.59 Å². The van der Waals surface area contributed by atoms with Crippen molar-refractivity contribution in [1.82, 2.24) is 19.4 Å². The number of fused-ring (bicyclic) bond motifs is 2. The lowest BCUT2D eigenvalue weighted by molar-refractivity contribution is -0.140. The van der Waals surface area contributed by atoms with Crippen molar-refractivity contribution in [3.63, 3.8) is 0 Å². The van der Waals surface area contributed by atoms with E-state index in [-0.39, 0.29) is 11.9 Å². The molecule has 1 aliphatic carbocycles. The number of nitrogens with zero attached hydrogens (tertiary/aromatic N) is 5. The molecular formula is C32H32FN5O3. The lowest BCUT2D eigenvalue weighted by Crippen LogP contribution is -2.39. The summed E-state index contributed by atoms with van der Waals surface area (Å²) >= 11 is 0. The van der Waals surface area contributed by atoms with E-state index >= 15 is 4.39 Å². The molecule has 7 rings (SSSR count). The molecule has 0 radical (unpaired) electrons. The van der Waals surface area contributed by atoms with Crippen molar-refractivity contribution in [3.05, 3.63) is 76.7 Å². The van der Waals surface area contributed by atoms with Gasteiger partial charge in [0.05, 0.1) is 17.5 Å². The van der Waals surface area contributed by atoms with Gasteiger partial charge in [0.1, 0.15) is 22.9 Å². The molecule has 1 amide bonds. The molecule has 1 saturated carbocycles. The number of anilines is 1. The van der Waals surface area contributed by atoms with E-state index in [9.17, 15) is 14.7 Å². The van der Waals surface area contributed by atoms with Crippen LogP contribution < -0.4 is 4.90 Å². The zero-order chi connectivity index (χ0) is 28.4. The molecule has 2 aromatic carbocycles. The summed E-state index contributed by atoms with van der Waals surface area (Å²) < 4.78 is 17.3. The standard InChI is InChI=1S/C32H32FN5O3/c1-18-23-6-4-3-5-19(23)12-14-38(18)31(39)27-16-25(20-7-8-20)28-30(34-27)36(2)29(35-28)24-10-9-22(15-26(24)33)37-13-11-21(17-37)32(40)41/h3-6,9-10,15-16,18,20-21H,7-8,11-14,17H2,1-2H3,(H,40,41)/t18-,21+/m1/s1. The molecule has 3 aliphatic rings. The molecule has 8 nitrogen and oxygen atoms in total. The highest BCUT2D eigenvalue weighted by atomic mass is 19.1. The second kappa shape index (κ2) is 9.68. The normalized spacial score (nSPS) is 20.5.